The molecule has 1 atom stereocenters. The van der Waals surface area contributed by atoms with Crippen molar-refractivity contribution >= 4 is 0 Å². The van der Waals surface area contributed by atoms with Gasteiger partial charge < -0.3 is 5.11 Å². The molecule has 0 heterocycles. The third-order valence-corrected chi connectivity index (χ3v) is 3.36. The second-order valence-corrected chi connectivity index (χ2v) is 5.55. The molecule has 1 N–H and O–H groups in total. The van der Waals surface area contributed by atoms with E-state index in [1.54, 1.807) is 25.1 Å². The Kier molecular flexibility index (Phi) is 4.19. The van der Waals surface area contributed by atoms with Gasteiger partial charge in [0.25, 0.3) is 0 Å². The van der Waals surface area contributed by atoms with E-state index in [0.717, 1.165) is 16.7 Å². The van der Waals surface area contributed by atoms with E-state index in [1.807, 2.05) is 6.92 Å². The van der Waals surface area contributed by atoms with Crippen molar-refractivity contribution in [2.24, 2.45) is 0 Å². The summed E-state index contributed by atoms with van der Waals surface area (Å²) in [5.41, 5.74) is 1.38. The summed E-state index contributed by atoms with van der Waals surface area (Å²) in [6.07, 6.45) is 0.647. The van der Waals surface area contributed by atoms with Crippen LogP contribution in [0.2, 0.25) is 0 Å². The molecular weight excluding hydrogens is 258 g/mol. The molecule has 0 spiro atoms. The number of hydrogen-bond acceptors (Lipinski definition) is 1. The van der Waals surface area contributed by atoms with Gasteiger partial charge in [-0.2, -0.15) is 0 Å². The van der Waals surface area contributed by atoms with Gasteiger partial charge in [-0.1, -0.05) is 18.2 Å². The van der Waals surface area contributed by atoms with Gasteiger partial charge in [0.05, 0.1) is 5.60 Å². The Bertz CT molecular complexity index is 606. The molecule has 0 bridgehead atoms. The first-order chi connectivity index (χ1) is 9.35. The molecule has 2 rings (SSSR count). The Labute approximate surface area is 117 Å². The van der Waals surface area contributed by atoms with Crippen LogP contribution in [-0.4, -0.2) is 10.7 Å². The average Bonchev–Trinajstić information content (AvgIpc) is 2.33. The molecule has 2 aromatic carbocycles. The summed E-state index contributed by atoms with van der Waals surface area (Å²) < 4.78 is 26.4. The summed E-state index contributed by atoms with van der Waals surface area (Å²) in [6.45, 7) is 3.56. The number of benzene rings is 2. The number of aryl methyl sites for hydroxylation is 1. The van der Waals surface area contributed by atoms with Crippen LogP contribution in [0.15, 0.2) is 42.5 Å². The summed E-state index contributed by atoms with van der Waals surface area (Å²) in [5, 5.41) is 10.5. The molecule has 2 aromatic rings. The van der Waals surface area contributed by atoms with Crippen molar-refractivity contribution in [3.63, 3.8) is 0 Å². The molecule has 20 heavy (non-hydrogen) atoms. The number of aliphatic hydroxyl groups is 1. The lowest BCUT2D eigenvalue weighted by Crippen LogP contribution is -2.30. The van der Waals surface area contributed by atoms with Gasteiger partial charge in [-0.25, -0.2) is 8.78 Å². The van der Waals surface area contributed by atoms with E-state index in [4.69, 9.17) is 0 Å². The first-order valence-corrected chi connectivity index (χ1v) is 6.58. The Morgan fingerprint density at radius 2 is 1.70 bits per heavy atom. The normalized spacial score (nSPS) is 14.1. The Morgan fingerprint density at radius 1 is 1.00 bits per heavy atom. The maximum absolute atomic E-state index is 13.3. The van der Waals surface area contributed by atoms with Crippen LogP contribution in [0.5, 0.6) is 0 Å². The van der Waals surface area contributed by atoms with Gasteiger partial charge in [-0.3, -0.25) is 0 Å². The first kappa shape index (κ1) is 14.7. The van der Waals surface area contributed by atoms with Crippen LogP contribution in [-0.2, 0) is 12.8 Å². The molecule has 0 aromatic heterocycles. The van der Waals surface area contributed by atoms with E-state index in [9.17, 15) is 13.9 Å². The Morgan fingerprint density at radius 3 is 2.40 bits per heavy atom. The molecule has 106 valence electrons. The van der Waals surface area contributed by atoms with Crippen LogP contribution in [0, 0.1) is 18.6 Å². The summed E-state index contributed by atoms with van der Waals surface area (Å²) in [4.78, 5) is 0. The van der Waals surface area contributed by atoms with Crippen molar-refractivity contribution in [1.82, 2.24) is 0 Å². The van der Waals surface area contributed by atoms with Crippen molar-refractivity contribution in [3.05, 3.63) is 70.8 Å². The lowest BCUT2D eigenvalue weighted by molar-refractivity contribution is 0.0605. The van der Waals surface area contributed by atoms with Crippen LogP contribution in [0.1, 0.15) is 23.6 Å². The first-order valence-electron chi connectivity index (χ1n) is 6.58. The zero-order valence-corrected chi connectivity index (χ0v) is 11.7. The van der Waals surface area contributed by atoms with Crippen molar-refractivity contribution in [2.45, 2.75) is 32.3 Å². The standard InChI is InChI=1S/C17H18F2O/c1-12-6-7-16(19)9-14(12)11-17(2,20)10-13-4-3-5-15(18)8-13/h3-9,20H,10-11H2,1-2H3. The molecule has 0 fully saturated rings. The van der Waals surface area contributed by atoms with Gasteiger partial charge in [0.2, 0.25) is 0 Å². The molecule has 0 aliphatic carbocycles. The molecule has 3 heteroatoms. The Balaban J connectivity index is 2.16. The van der Waals surface area contributed by atoms with Crippen LogP contribution in [0.4, 0.5) is 8.78 Å². The van der Waals surface area contributed by atoms with Gasteiger partial charge in [-0.05, 0) is 54.8 Å². The lowest BCUT2D eigenvalue weighted by Gasteiger charge is -2.24. The summed E-state index contributed by atoms with van der Waals surface area (Å²) in [7, 11) is 0. The molecule has 0 aliphatic heterocycles. The smallest absolute Gasteiger partial charge is 0.123 e. The van der Waals surface area contributed by atoms with Crippen molar-refractivity contribution in [3.8, 4) is 0 Å². The Hall–Kier alpha value is -1.74. The third-order valence-electron chi connectivity index (χ3n) is 3.36. The van der Waals surface area contributed by atoms with E-state index >= 15 is 0 Å². The van der Waals surface area contributed by atoms with Crippen molar-refractivity contribution < 1.29 is 13.9 Å². The van der Waals surface area contributed by atoms with Gasteiger partial charge in [0.1, 0.15) is 11.6 Å². The molecular formula is C17H18F2O. The van der Waals surface area contributed by atoms with E-state index in [0.29, 0.717) is 12.8 Å². The molecule has 0 amide bonds. The molecule has 1 unspecified atom stereocenters. The minimum atomic E-state index is -1.05. The van der Waals surface area contributed by atoms with Crippen LogP contribution in [0.3, 0.4) is 0 Å². The molecule has 0 saturated carbocycles. The SMILES string of the molecule is Cc1ccc(F)cc1CC(C)(O)Cc1cccc(F)c1. The number of hydrogen-bond donors (Lipinski definition) is 1. The monoisotopic (exact) mass is 276 g/mol. The molecule has 0 aliphatic rings. The highest BCUT2D eigenvalue weighted by atomic mass is 19.1. The molecule has 0 saturated heterocycles. The number of rotatable bonds is 4. The van der Waals surface area contributed by atoms with E-state index in [2.05, 4.69) is 0 Å². The highest BCUT2D eigenvalue weighted by molar-refractivity contribution is 5.29. The van der Waals surface area contributed by atoms with Crippen molar-refractivity contribution in [2.75, 3.05) is 0 Å². The molecule has 1 nitrogen and oxygen atoms in total. The predicted octanol–water partition coefficient (Wildman–Crippen LogP) is 3.81. The van der Waals surface area contributed by atoms with Gasteiger partial charge in [0, 0.05) is 12.8 Å². The highest BCUT2D eigenvalue weighted by Crippen LogP contribution is 2.22. The van der Waals surface area contributed by atoms with Gasteiger partial charge in [0.15, 0.2) is 0 Å². The second-order valence-electron chi connectivity index (χ2n) is 5.55. The van der Waals surface area contributed by atoms with E-state index < -0.39 is 5.60 Å². The zero-order chi connectivity index (χ0) is 14.8. The highest BCUT2D eigenvalue weighted by Gasteiger charge is 2.22. The van der Waals surface area contributed by atoms with E-state index in [-0.39, 0.29) is 11.6 Å². The maximum atomic E-state index is 13.3. The summed E-state index contributed by atoms with van der Waals surface area (Å²) in [5.74, 6) is -0.632. The van der Waals surface area contributed by atoms with E-state index in [1.165, 1.54) is 24.3 Å². The van der Waals surface area contributed by atoms with Crippen LogP contribution >= 0.6 is 0 Å². The summed E-state index contributed by atoms with van der Waals surface area (Å²) >= 11 is 0. The quantitative estimate of drug-likeness (QED) is 0.900. The zero-order valence-electron chi connectivity index (χ0n) is 11.7. The lowest BCUT2D eigenvalue weighted by atomic mass is 9.88. The van der Waals surface area contributed by atoms with Crippen LogP contribution in [0.25, 0.3) is 0 Å². The minimum Gasteiger partial charge on any atom is -0.389 e. The van der Waals surface area contributed by atoms with Crippen LogP contribution < -0.4 is 0 Å². The molecule has 0 radical (unpaired) electrons. The summed E-state index contributed by atoms with van der Waals surface area (Å²) in [6, 6.07) is 10.7. The average molecular weight is 276 g/mol. The fraction of sp³-hybridized carbons (Fsp3) is 0.294. The fourth-order valence-corrected chi connectivity index (χ4v) is 2.39. The predicted molar refractivity (Wildman–Crippen MR) is 75.6 cm³/mol. The fourth-order valence-electron chi connectivity index (χ4n) is 2.39. The maximum Gasteiger partial charge on any atom is 0.123 e. The topological polar surface area (TPSA) is 20.2 Å². The van der Waals surface area contributed by atoms with Gasteiger partial charge >= 0.3 is 0 Å². The third kappa shape index (κ3) is 3.87. The van der Waals surface area contributed by atoms with Gasteiger partial charge in [-0.15, -0.1) is 0 Å². The minimum absolute atomic E-state index is 0.313. The van der Waals surface area contributed by atoms with Crippen molar-refractivity contribution in [1.29, 1.82) is 0 Å². The second kappa shape index (κ2) is 5.71. The number of halogens is 2. The largest absolute Gasteiger partial charge is 0.389 e.